The number of unbranched alkanes of at least 4 members (excludes halogenated alkanes) is 34. The van der Waals surface area contributed by atoms with Crippen molar-refractivity contribution in [2.24, 2.45) is 0 Å². The minimum atomic E-state index is -4.36. The van der Waals surface area contributed by atoms with Gasteiger partial charge in [0.25, 0.3) is 0 Å². The van der Waals surface area contributed by atoms with Gasteiger partial charge in [-0.2, -0.15) is 0 Å². The van der Waals surface area contributed by atoms with Gasteiger partial charge in [-0.05, 0) is 64.2 Å². The molecule has 0 aliphatic carbocycles. The number of carbonyl (C=O) groups is 1. The van der Waals surface area contributed by atoms with E-state index in [1.165, 1.54) is 186 Å². The van der Waals surface area contributed by atoms with Gasteiger partial charge in [-0.15, -0.1) is 0 Å². The number of quaternary nitrogens is 1. The summed E-state index contributed by atoms with van der Waals surface area (Å²) in [6, 6.07) is -0.872. The van der Waals surface area contributed by atoms with E-state index in [1.54, 1.807) is 6.08 Å². The molecule has 0 aromatic rings. The van der Waals surface area contributed by atoms with E-state index in [-0.39, 0.29) is 19.1 Å². The van der Waals surface area contributed by atoms with Crippen LogP contribution in [0, 0.1) is 0 Å². The molecule has 0 saturated heterocycles. The molecule has 416 valence electrons. The van der Waals surface area contributed by atoms with E-state index in [0.717, 1.165) is 70.6 Å². The number of aliphatic hydroxyl groups is 1. The molecule has 0 aromatic heterocycles. The first-order valence-corrected chi connectivity index (χ1v) is 31.7. The van der Waals surface area contributed by atoms with E-state index in [9.17, 15) is 19.4 Å². The van der Waals surface area contributed by atoms with E-state index in [0.29, 0.717) is 17.4 Å². The van der Waals surface area contributed by atoms with Crippen molar-refractivity contribution in [2.45, 2.75) is 289 Å². The van der Waals surface area contributed by atoms with Gasteiger partial charge in [0.15, 0.2) is 0 Å². The lowest BCUT2D eigenvalue weighted by Gasteiger charge is -2.25. The third-order valence-electron chi connectivity index (χ3n) is 13.5. The van der Waals surface area contributed by atoms with Crippen LogP contribution >= 0.6 is 7.82 Å². The Morgan fingerprint density at radius 3 is 1.30 bits per heavy atom. The van der Waals surface area contributed by atoms with Gasteiger partial charge in [0.05, 0.1) is 39.9 Å². The van der Waals surface area contributed by atoms with Crippen molar-refractivity contribution in [2.75, 3.05) is 40.9 Å². The number of amides is 1. The van der Waals surface area contributed by atoms with Crippen LogP contribution in [0.5, 0.6) is 0 Å². The van der Waals surface area contributed by atoms with Gasteiger partial charge in [-0.3, -0.25) is 13.8 Å². The Hall–Kier alpha value is -1.80. The molecule has 0 aliphatic heterocycles. The molecule has 71 heavy (non-hydrogen) atoms. The fourth-order valence-electron chi connectivity index (χ4n) is 8.78. The predicted molar refractivity (Wildman–Crippen MR) is 309 cm³/mol. The molecule has 0 fully saturated rings. The highest BCUT2D eigenvalue weighted by atomic mass is 31.2. The van der Waals surface area contributed by atoms with Crippen LogP contribution in [-0.4, -0.2) is 73.4 Å². The van der Waals surface area contributed by atoms with Crippen molar-refractivity contribution in [1.29, 1.82) is 0 Å². The van der Waals surface area contributed by atoms with E-state index >= 15 is 0 Å². The summed E-state index contributed by atoms with van der Waals surface area (Å²) in [7, 11) is 1.55. The molecule has 0 bridgehead atoms. The molecule has 0 rings (SSSR count). The molecule has 0 radical (unpaired) electrons. The van der Waals surface area contributed by atoms with Gasteiger partial charge in [0, 0.05) is 6.42 Å². The van der Waals surface area contributed by atoms with Crippen LogP contribution in [0.25, 0.3) is 0 Å². The number of hydrogen-bond acceptors (Lipinski definition) is 5. The van der Waals surface area contributed by atoms with Crippen LogP contribution in [0.2, 0.25) is 0 Å². The summed E-state index contributed by atoms with van der Waals surface area (Å²) in [6.45, 7) is 4.70. The fraction of sp³-hybridized carbons (Fsp3) is 0.823. The second kappa shape index (κ2) is 53.0. The van der Waals surface area contributed by atoms with Gasteiger partial charge in [0.2, 0.25) is 5.91 Å². The lowest BCUT2D eigenvalue weighted by Crippen LogP contribution is -2.45. The van der Waals surface area contributed by atoms with Crippen molar-refractivity contribution in [3.8, 4) is 0 Å². The zero-order valence-electron chi connectivity index (χ0n) is 47.5. The molecule has 0 aliphatic rings. The largest absolute Gasteiger partial charge is 0.472 e. The number of carbonyl (C=O) groups excluding carboxylic acids is 1. The monoisotopic (exact) mass is 1020 g/mol. The Kier molecular flexibility index (Phi) is 51.7. The highest BCUT2D eigenvalue weighted by molar-refractivity contribution is 7.47. The Morgan fingerprint density at radius 2 is 0.859 bits per heavy atom. The Bertz CT molecular complexity index is 1340. The molecule has 8 nitrogen and oxygen atoms in total. The van der Waals surface area contributed by atoms with Gasteiger partial charge < -0.3 is 19.8 Å². The Labute approximate surface area is 441 Å². The molecule has 3 atom stereocenters. The Balaban J connectivity index is 4.14. The zero-order chi connectivity index (χ0) is 52.0. The molecule has 0 aromatic carbocycles. The van der Waals surface area contributed by atoms with Crippen LogP contribution < -0.4 is 5.32 Å². The molecular weight excluding hydrogens is 900 g/mol. The van der Waals surface area contributed by atoms with Crippen molar-refractivity contribution >= 4 is 13.7 Å². The van der Waals surface area contributed by atoms with E-state index in [1.807, 2.05) is 27.2 Å². The summed E-state index contributed by atoms with van der Waals surface area (Å²) < 4.78 is 23.7. The van der Waals surface area contributed by atoms with Gasteiger partial charge in [-0.1, -0.05) is 267 Å². The number of nitrogens with zero attached hydrogens (tertiary/aromatic N) is 1. The number of rotatable bonds is 55. The van der Waals surface area contributed by atoms with Crippen molar-refractivity contribution in [3.63, 3.8) is 0 Å². The summed E-state index contributed by atoms with van der Waals surface area (Å²) >= 11 is 0. The average molecular weight is 1020 g/mol. The third-order valence-corrected chi connectivity index (χ3v) is 14.5. The minimum absolute atomic E-state index is 0.0521. The quantitative estimate of drug-likeness (QED) is 0.0243. The smallest absolute Gasteiger partial charge is 0.387 e. The average Bonchev–Trinajstić information content (AvgIpc) is 3.33. The summed E-state index contributed by atoms with van der Waals surface area (Å²) in [5.41, 5.74) is 0. The lowest BCUT2D eigenvalue weighted by atomic mass is 10.0. The molecule has 1 amide bonds. The van der Waals surface area contributed by atoms with E-state index in [2.05, 4.69) is 67.8 Å². The maximum absolute atomic E-state index is 13.0. The molecule has 0 spiro atoms. The number of allylic oxidation sites excluding steroid dienone is 9. The highest BCUT2D eigenvalue weighted by Crippen LogP contribution is 2.43. The van der Waals surface area contributed by atoms with E-state index < -0.39 is 20.0 Å². The summed E-state index contributed by atoms with van der Waals surface area (Å²) in [5, 5.41) is 13.9. The maximum atomic E-state index is 13.0. The molecule has 0 saturated carbocycles. The first-order valence-electron chi connectivity index (χ1n) is 30.2. The fourth-order valence-corrected chi connectivity index (χ4v) is 9.52. The second-order valence-electron chi connectivity index (χ2n) is 21.7. The molecule has 9 heteroatoms. The van der Waals surface area contributed by atoms with Gasteiger partial charge >= 0.3 is 7.82 Å². The SMILES string of the molecule is CC/C=C\C/C=C\C/C=C\CCCCCCCCCC(=O)NC(COP(=O)(O)OCC[N+](C)(C)C)C(O)/C=C/CC/C=C/CCCCCCCCCCCCCCCCCCCCCCCCCCCC. The Morgan fingerprint density at radius 1 is 0.493 bits per heavy atom. The van der Waals surface area contributed by atoms with Crippen LogP contribution in [0.1, 0.15) is 277 Å². The second-order valence-corrected chi connectivity index (χ2v) is 23.1. The molecule has 3 N–H and O–H groups in total. The first-order chi connectivity index (χ1) is 34.5. The molecular formula is C62H118N2O6P+. The summed E-state index contributed by atoms with van der Waals surface area (Å²) in [6.07, 6.45) is 72.1. The topological polar surface area (TPSA) is 105 Å². The number of nitrogens with one attached hydrogen (secondary N) is 1. The number of hydrogen-bond donors (Lipinski definition) is 3. The highest BCUT2D eigenvalue weighted by Gasteiger charge is 2.27. The molecule has 0 heterocycles. The standard InChI is InChI=1S/C62H117N2O6P/c1-6-8-10-12-14-16-18-20-22-24-25-26-27-28-29-30-31-32-33-34-35-36-37-38-40-41-43-45-47-49-51-53-55-61(65)60(59-70-71(67,68)69-58-57-64(3,4)5)63-62(66)56-54-52-50-48-46-44-42-39-23-21-19-17-15-13-11-9-7-2/h9,11,15,17,21,23,45,47,53,55,60-61,65H,6-8,10,12-14,16,18-20,22,24-44,46,48-52,54,56-59H2,1-5H3,(H-,63,66,67,68)/p+1/b11-9-,17-15-,23-21-,47-45+,55-53+. The third kappa shape index (κ3) is 55.8. The lowest BCUT2D eigenvalue weighted by molar-refractivity contribution is -0.870. The maximum Gasteiger partial charge on any atom is 0.472 e. The van der Waals surface area contributed by atoms with Crippen LogP contribution in [0.4, 0.5) is 0 Å². The summed E-state index contributed by atoms with van der Waals surface area (Å²) in [4.78, 5) is 23.3. The predicted octanol–water partition coefficient (Wildman–Crippen LogP) is 18.5. The van der Waals surface area contributed by atoms with Crippen molar-refractivity contribution in [3.05, 3.63) is 60.8 Å². The molecule has 3 unspecified atom stereocenters. The normalized spacial score (nSPS) is 14.3. The van der Waals surface area contributed by atoms with Crippen LogP contribution in [-0.2, 0) is 18.4 Å². The minimum Gasteiger partial charge on any atom is -0.387 e. The number of phosphoric acid groups is 1. The summed E-state index contributed by atoms with van der Waals surface area (Å²) in [5.74, 6) is -0.196. The van der Waals surface area contributed by atoms with Crippen molar-refractivity contribution < 1.29 is 32.9 Å². The van der Waals surface area contributed by atoms with Crippen LogP contribution in [0.15, 0.2) is 60.8 Å². The van der Waals surface area contributed by atoms with Crippen molar-refractivity contribution in [1.82, 2.24) is 5.32 Å². The van der Waals surface area contributed by atoms with E-state index in [4.69, 9.17) is 9.05 Å². The van der Waals surface area contributed by atoms with Gasteiger partial charge in [-0.25, -0.2) is 4.57 Å². The number of aliphatic hydroxyl groups excluding tert-OH is 1. The number of likely N-dealkylation sites (N-methyl/N-ethyl adjacent to an activating group) is 1. The number of phosphoric ester groups is 1. The van der Waals surface area contributed by atoms with Crippen LogP contribution in [0.3, 0.4) is 0 Å². The zero-order valence-corrected chi connectivity index (χ0v) is 48.4. The van der Waals surface area contributed by atoms with Gasteiger partial charge in [0.1, 0.15) is 13.2 Å². The first kappa shape index (κ1) is 69.2.